The lowest BCUT2D eigenvalue weighted by Crippen LogP contribution is -2.11. The largest absolute Gasteiger partial charge is 0.387 e. The van der Waals surface area contributed by atoms with E-state index < -0.39 is 0 Å². The van der Waals surface area contributed by atoms with Crippen molar-refractivity contribution in [3.05, 3.63) is 20.8 Å². The minimum atomic E-state index is -0.365. The Kier molecular flexibility index (Phi) is 3.27. The lowest BCUT2D eigenvalue weighted by atomic mass is 9.98. The Morgan fingerprint density at radius 2 is 2.43 bits per heavy atom. The van der Waals surface area contributed by atoms with Crippen LogP contribution in [0.4, 0.5) is 0 Å². The van der Waals surface area contributed by atoms with Crippen molar-refractivity contribution in [3.8, 4) is 0 Å². The zero-order valence-corrected chi connectivity index (χ0v) is 10.3. The van der Waals surface area contributed by atoms with E-state index in [0.29, 0.717) is 6.61 Å². The van der Waals surface area contributed by atoms with Gasteiger partial charge in [0.2, 0.25) is 0 Å². The number of aliphatic hydroxyl groups is 1. The first-order valence-corrected chi connectivity index (χ1v) is 6.32. The molecule has 0 saturated carbocycles. The monoisotopic (exact) mass is 276 g/mol. The average molecular weight is 277 g/mol. The summed E-state index contributed by atoms with van der Waals surface area (Å²) in [7, 11) is 0. The number of aliphatic hydroxyl groups excluding tert-OH is 1. The second-order valence-electron chi connectivity index (χ2n) is 3.73. The number of thiophene rings is 1. The van der Waals surface area contributed by atoms with Crippen molar-refractivity contribution in [2.24, 2.45) is 5.92 Å². The van der Waals surface area contributed by atoms with Gasteiger partial charge >= 0.3 is 0 Å². The van der Waals surface area contributed by atoms with E-state index in [9.17, 15) is 5.11 Å². The Balaban J connectivity index is 2.05. The third-order valence-electron chi connectivity index (χ3n) is 2.56. The minimum absolute atomic E-state index is 0.260. The van der Waals surface area contributed by atoms with E-state index >= 15 is 0 Å². The van der Waals surface area contributed by atoms with Gasteiger partial charge in [0, 0.05) is 10.8 Å². The molecule has 0 spiro atoms. The highest BCUT2D eigenvalue weighted by atomic mass is 79.9. The van der Waals surface area contributed by atoms with E-state index in [-0.39, 0.29) is 18.1 Å². The van der Waals surface area contributed by atoms with Gasteiger partial charge in [-0.25, -0.2) is 0 Å². The van der Waals surface area contributed by atoms with Crippen LogP contribution in [-0.4, -0.2) is 17.8 Å². The molecule has 1 fully saturated rings. The van der Waals surface area contributed by atoms with E-state index in [4.69, 9.17) is 4.74 Å². The summed E-state index contributed by atoms with van der Waals surface area (Å²) in [6.07, 6.45) is 0.880. The Morgan fingerprint density at radius 3 is 2.93 bits per heavy atom. The van der Waals surface area contributed by atoms with Crippen LogP contribution in [0.3, 0.4) is 0 Å². The highest BCUT2D eigenvalue weighted by Crippen LogP contribution is 2.36. The molecule has 3 atom stereocenters. The maximum atomic E-state index is 10.1. The van der Waals surface area contributed by atoms with Crippen LogP contribution in [0.25, 0.3) is 0 Å². The Bertz CT molecular complexity index is 313. The van der Waals surface area contributed by atoms with Gasteiger partial charge < -0.3 is 9.84 Å². The van der Waals surface area contributed by atoms with Crippen molar-refractivity contribution < 1.29 is 9.84 Å². The molecule has 0 bridgehead atoms. The third-order valence-corrected chi connectivity index (χ3v) is 4.26. The number of halogens is 1. The zero-order valence-electron chi connectivity index (χ0n) is 7.94. The third kappa shape index (κ3) is 2.19. The predicted octanol–water partition coefficient (Wildman–Crippen LogP) is 2.97. The number of ether oxygens (including phenoxy) is 1. The summed E-state index contributed by atoms with van der Waals surface area (Å²) >= 11 is 4.99. The molecule has 14 heavy (non-hydrogen) atoms. The summed E-state index contributed by atoms with van der Waals surface area (Å²) in [5, 5.41) is 10.1. The SMILES string of the molecule is CC1CC(C(O)c2ccc(Br)s2)CO1. The molecule has 0 radical (unpaired) electrons. The standard InChI is InChI=1S/C10H13BrO2S/c1-6-4-7(5-13-6)10(12)8-2-3-9(11)14-8/h2-3,6-7,10,12H,4-5H2,1H3. The lowest BCUT2D eigenvalue weighted by Gasteiger charge is -2.14. The predicted molar refractivity (Wildman–Crippen MR) is 60.5 cm³/mol. The van der Waals surface area contributed by atoms with Gasteiger partial charge in [-0.05, 0) is 41.4 Å². The molecule has 78 valence electrons. The van der Waals surface area contributed by atoms with Gasteiger partial charge in [0.05, 0.1) is 22.6 Å². The fraction of sp³-hybridized carbons (Fsp3) is 0.600. The van der Waals surface area contributed by atoms with E-state index in [1.165, 1.54) is 0 Å². The van der Waals surface area contributed by atoms with Crippen LogP contribution in [-0.2, 0) is 4.74 Å². The molecule has 1 aromatic heterocycles. The van der Waals surface area contributed by atoms with Crippen LogP contribution < -0.4 is 0 Å². The van der Waals surface area contributed by atoms with Crippen molar-refractivity contribution in [2.75, 3.05) is 6.61 Å². The summed E-state index contributed by atoms with van der Waals surface area (Å²) in [6.45, 7) is 2.73. The van der Waals surface area contributed by atoms with Crippen LogP contribution in [0, 0.1) is 5.92 Å². The minimum Gasteiger partial charge on any atom is -0.387 e. The second-order valence-corrected chi connectivity index (χ2v) is 6.22. The number of hydrogen-bond acceptors (Lipinski definition) is 3. The Morgan fingerprint density at radius 1 is 1.64 bits per heavy atom. The van der Waals surface area contributed by atoms with Gasteiger partial charge in [0.1, 0.15) is 0 Å². The molecule has 4 heteroatoms. The molecule has 0 amide bonds. The Labute approximate surface area is 96.0 Å². The van der Waals surface area contributed by atoms with Crippen molar-refractivity contribution >= 4 is 27.3 Å². The van der Waals surface area contributed by atoms with Crippen molar-refractivity contribution in [2.45, 2.75) is 25.6 Å². The van der Waals surface area contributed by atoms with Gasteiger partial charge in [-0.1, -0.05) is 0 Å². The second kappa shape index (κ2) is 4.31. The van der Waals surface area contributed by atoms with Gasteiger partial charge in [-0.2, -0.15) is 0 Å². The molecule has 1 aromatic rings. The topological polar surface area (TPSA) is 29.5 Å². The summed E-state index contributed by atoms with van der Waals surface area (Å²) in [5.41, 5.74) is 0. The lowest BCUT2D eigenvalue weighted by molar-refractivity contribution is 0.0822. The van der Waals surface area contributed by atoms with E-state index in [1.807, 2.05) is 12.1 Å². The van der Waals surface area contributed by atoms with Crippen LogP contribution in [0.5, 0.6) is 0 Å². The fourth-order valence-electron chi connectivity index (χ4n) is 1.79. The maximum absolute atomic E-state index is 10.1. The van der Waals surface area contributed by atoms with Crippen LogP contribution in [0.15, 0.2) is 15.9 Å². The molecule has 0 aliphatic carbocycles. The van der Waals surface area contributed by atoms with Crippen molar-refractivity contribution in [3.63, 3.8) is 0 Å². The molecule has 1 aliphatic rings. The first-order valence-electron chi connectivity index (χ1n) is 4.71. The maximum Gasteiger partial charge on any atom is 0.0933 e. The summed E-state index contributed by atoms with van der Waals surface area (Å²) in [4.78, 5) is 1.03. The average Bonchev–Trinajstić information content (AvgIpc) is 2.73. The summed E-state index contributed by atoms with van der Waals surface area (Å²) < 4.78 is 6.52. The molecule has 2 heterocycles. The highest BCUT2D eigenvalue weighted by Gasteiger charge is 2.29. The normalized spacial score (nSPS) is 29.4. The molecule has 2 rings (SSSR count). The van der Waals surface area contributed by atoms with E-state index in [1.54, 1.807) is 11.3 Å². The summed E-state index contributed by atoms with van der Waals surface area (Å²) in [6, 6.07) is 3.95. The van der Waals surface area contributed by atoms with Crippen LogP contribution in [0.2, 0.25) is 0 Å². The fourth-order valence-corrected chi connectivity index (χ4v) is 3.29. The van der Waals surface area contributed by atoms with Gasteiger partial charge in [0.25, 0.3) is 0 Å². The first kappa shape index (κ1) is 10.6. The zero-order chi connectivity index (χ0) is 10.1. The number of hydrogen-bond donors (Lipinski definition) is 1. The van der Waals surface area contributed by atoms with Gasteiger partial charge in [-0.3, -0.25) is 0 Å². The summed E-state index contributed by atoms with van der Waals surface area (Å²) in [5.74, 6) is 0.260. The molecule has 3 unspecified atom stereocenters. The highest BCUT2D eigenvalue weighted by molar-refractivity contribution is 9.11. The molecule has 0 aromatic carbocycles. The smallest absolute Gasteiger partial charge is 0.0933 e. The molecular weight excluding hydrogens is 264 g/mol. The quantitative estimate of drug-likeness (QED) is 0.900. The van der Waals surface area contributed by atoms with Crippen molar-refractivity contribution in [1.82, 2.24) is 0 Å². The van der Waals surface area contributed by atoms with E-state index in [0.717, 1.165) is 15.1 Å². The number of rotatable bonds is 2. The first-order chi connectivity index (χ1) is 6.66. The van der Waals surface area contributed by atoms with Crippen LogP contribution in [0.1, 0.15) is 24.3 Å². The Hall–Kier alpha value is 0.1000. The molecule has 2 nitrogen and oxygen atoms in total. The molecule has 1 saturated heterocycles. The molecule has 1 aliphatic heterocycles. The van der Waals surface area contributed by atoms with Gasteiger partial charge in [-0.15, -0.1) is 11.3 Å². The molecule has 1 N–H and O–H groups in total. The van der Waals surface area contributed by atoms with Gasteiger partial charge in [0.15, 0.2) is 0 Å². The molecular formula is C10H13BrO2S. The van der Waals surface area contributed by atoms with Crippen LogP contribution >= 0.6 is 27.3 Å². The van der Waals surface area contributed by atoms with E-state index in [2.05, 4.69) is 22.9 Å². The van der Waals surface area contributed by atoms with Crippen molar-refractivity contribution in [1.29, 1.82) is 0 Å².